The molecule has 0 bridgehead atoms. The molecule has 0 aromatic carbocycles. The van der Waals surface area contributed by atoms with Gasteiger partial charge in [-0.3, -0.25) is 9.59 Å². The van der Waals surface area contributed by atoms with Gasteiger partial charge in [-0.05, 0) is 57.8 Å². The van der Waals surface area contributed by atoms with Crippen LogP contribution < -0.4 is 5.32 Å². The first-order valence-electron chi connectivity index (χ1n) is 37.1. The molecule has 2 unspecified atom stereocenters. The maximum Gasteiger partial charge on any atom is 0.305 e. The fourth-order valence-electron chi connectivity index (χ4n) is 11.8. The van der Waals surface area contributed by atoms with Crippen LogP contribution in [0.25, 0.3) is 0 Å². The second-order valence-corrected chi connectivity index (χ2v) is 25.6. The zero-order valence-corrected chi connectivity index (χ0v) is 55.0. The van der Waals surface area contributed by atoms with Gasteiger partial charge >= 0.3 is 5.97 Å². The second-order valence-electron chi connectivity index (χ2n) is 25.6. The van der Waals surface area contributed by atoms with Gasteiger partial charge in [-0.15, -0.1) is 0 Å². The van der Waals surface area contributed by atoms with E-state index >= 15 is 0 Å². The van der Waals surface area contributed by atoms with Crippen molar-refractivity contribution in [3.8, 4) is 0 Å². The average molecular weight is 1140 g/mol. The van der Waals surface area contributed by atoms with Crippen LogP contribution in [0.1, 0.15) is 418 Å². The first kappa shape index (κ1) is 79.3. The minimum atomic E-state index is -0.845. The summed E-state index contributed by atoms with van der Waals surface area (Å²) in [6.45, 7) is 4.95. The highest BCUT2D eigenvalue weighted by Crippen LogP contribution is 2.19. The van der Waals surface area contributed by atoms with Gasteiger partial charge in [-0.25, -0.2) is 0 Å². The van der Waals surface area contributed by atoms with Crippen LogP contribution in [-0.2, 0) is 14.3 Å². The zero-order valence-electron chi connectivity index (χ0n) is 55.0. The van der Waals surface area contributed by atoms with Crippen molar-refractivity contribution in [2.45, 2.75) is 431 Å². The smallest absolute Gasteiger partial charge is 0.305 e. The SMILES string of the molecule is CCCCCCCCCCCCCCCCCCCCCCC/C=C/C(O)C(CO)NC(=O)CCCCCCCCCCCCCCC/C=C\CCCCCCCCCCCCCCOC(=O)CCCCCCCCCCCCCC. The highest BCUT2D eigenvalue weighted by atomic mass is 16.5. The van der Waals surface area contributed by atoms with Crippen LogP contribution in [0.2, 0.25) is 0 Å². The highest BCUT2D eigenvalue weighted by molar-refractivity contribution is 5.76. The number of aliphatic hydroxyl groups excluding tert-OH is 2. The lowest BCUT2D eigenvalue weighted by Crippen LogP contribution is -2.45. The van der Waals surface area contributed by atoms with Gasteiger partial charge in [0.1, 0.15) is 0 Å². The molecule has 0 radical (unpaired) electrons. The molecular weight excluding hydrogens is 995 g/mol. The van der Waals surface area contributed by atoms with Crippen LogP contribution in [0, 0.1) is 0 Å². The number of aliphatic hydroxyl groups is 2. The van der Waals surface area contributed by atoms with Gasteiger partial charge in [0, 0.05) is 12.8 Å². The van der Waals surface area contributed by atoms with Crippen LogP contribution in [0.15, 0.2) is 24.3 Å². The summed E-state index contributed by atoms with van der Waals surface area (Å²) in [4.78, 5) is 24.6. The third kappa shape index (κ3) is 67.3. The Morgan fingerprint density at radius 2 is 0.580 bits per heavy atom. The summed E-state index contributed by atoms with van der Waals surface area (Å²) in [5.41, 5.74) is 0. The molecule has 0 aromatic heterocycles. The number of hydrogen-bond acceptors (Lipinski definition) is 5. The number of ether oxygens (including phenoxy) is 1. The number of carbonyl (C=O) groups is 2. The fourth-order valence-corrected chi connectivity index (χ4v) is 11.8. The van der Waals surface area contributed by atoms with Crippen molar-refractivity contribution in [3.05, 3.63) is 24.3 Å². The van der Waals surface area contributed by atoms with Gasteiger partial charge in [0.15, 0.2) is 0 Å². The summed E-state index contributed by atoms with van der Waals surface area (Å²) in [7, 11) is 0. The molecule has 3 N–H and O–H groups in total. The molecule has 0 aliphatic rings. The average Bonchev–Trinajstić information content (AvgIpc) is 3.47. The van der Waals surface area contributed by atoms with Crippen molar-refractivity contribution in [3.63, 3.8) is 0 Å². The first-order chi connectivity index (χ1) is 40.0. The zero-order chi connectivity index (χ0) is 58.5. The lowest BCUT2D eigenvalue weighted by Gasteiger charge is -2.20. The van der Waals surface area contributed by atoms with Crippen molar-refractivity contribution in [2.75, 3.05) is 13.2 Å². The van der Waals surface area contributed by atoms with Crippen molar-refractivity contribution in [1.82, 2.24) is 5.32 Å². The van der Waals surface area contributed by atoms with Crippen LogP contribution in [-0.4, -0.2) is 47.4 Å². The maximum absolute atomic E-state index is 12.5. The Morgan fingerprint density at radius 3 is 0.877 bits per heavy atom. The Labute approximate surface area is 507 Å². The molecule has 6 nitrogen and oxygen atoms in total. The number of esters is 1. The van der Waals surface area contributed by atoms with E-state index in [1.807, 2.05) is 6.08 Å². The van der Waals surface area contributed by atoms with Gasteiger partial charge in [-0.2, -0.15) is 0 Å². The Balaban J connectivity index is 3.40. The topological polar surface area (TPSA) is 95.9 Å². The van der Waals surface area contributed by atoms with Crippen LogP contribution in [0.4, 0.5) is 0 Å². The predicted molar refractivity (Wildman–Crippen MR) is 356 cm³/mol. The van der Waals surface area contributed by atoms with Crippen molar-refractivity contribution in [1.29, 1.82) is 0 Å². The van der Waals surface area contributed by atoms with Gasteiger partial charge in [0.25, 0.3) is 0 Å². The third-order valence-electron chi connectivity index (χ3n) is 17.5. The van der Waals surface area contributed by atoms with E-state index in [1.54, 1.807) is 6.08 Å². The summed E-state index contributed by atoms with van der Waals surface area (Å²) in [5, 5.41) is 23.3. The molecular formula is C75H145NO5. The summed E-state index contributed by atoms with van der Waals surface area (Å²) in [6, 6.07) is -0.628. The number of unbranched alkanes of at least 4 members (excludes halogenated alkanes) is 57. The van der Waals surface area contributed by atoms with E-state index in [2.05, 4.69) is 31.3 Å². The maximum atomic E-state index is 12.5. The second kappa shape index (κ2) is 70.8. The molecule has 81 heavy (non-hydrogen) atoms. The molecule has 0 spiro atoms. The molecule has 2 atom stereocenters. The van der Waals surface area contributed by atoms with E-state index in [-0.39, 0.29) is 18.5 Å². The molecule has 0 saturated carbocycles. The standard InChI is InChI=1S/C75H145NO5/c1-3-5-7-9-11-13-15-17-18-19-20-21-29-32-35-38-41-44-47-51-55-59-63-67-73(78)72(71-77)76-74(79)68-64-60-56-52-48-45-42-39-36-33-30-27-25-23-22-24-26-28-31-34-37-40-43-46-50-54-58-62-66-70-81-75(80)69-65-61-57-53-49-16-14-12-10-8-6-4-2/h22,24,63,67,72-73,77-78H,3-21,23,25-62,64-66,68-71H2,1-2H3,(H,76,79)/b24-22-,67-63+. The summed E-state index contributed by atoms with van der Waals surface area (Å²) >= 11 is 0. The first-order valence-corrected chi connectivity index (χ1v) is 37.1. The van der Waals surface area contributed by atoms with E-state index in [0.717, 1.165) is 38.5 Å². The Morgan fingerprint density at radius 1 is 0.333 bits per heavy atom. The van der Waals surface area contributed by atoms with Crippen LogP contribution in [0.3, 0.4) is 0 Å². The molecule has 1 amide bonds. The minimum absolute atomic E-state index is 0.0177. The number of allylic oxidation sites excluding steroid dienone is 3. The van der Waals surface area contributed by atoms with Gasteiger partial charge < -0.3 is 20.3 Å². The number of amides is 1. The van der Waals surface area contributed by atoms with Gasteiger partial charge in [0.05, 0.1) is 25.4 Å². The van der Waals surface area contributed by atoms with Crippen LogP contribution >= 0.6 is 0 Å². The van der Waals surface area contributed by atoms with E-state index in [4.69, 9.17) is 4.74 Å². The van der Waals surface area contributed by atoms with Crippen molar-refractivity contribution >= 4 is 11.9 Å². The summed E-state index contributed by atoms with van der Waals surface area (Å²) in [6.07, 6.45) is 89.9. The number of hydrogen-bond donors (Lipinski definition) is 3. The molecule has 480 valence electrons. The molecule has 6 heteroatoms. The van der Waals surface area contributed by atoms with Gasteiger partial charge in [-0.1, -0.05) is 372 Å². The van der Waals surface area contributed by atoms with E-state index < -0.39 is 12.1 Å². The van der Waals surface area contributed by atoms with Crippen LogP contribution in [0.5, 0.6) is 0 Å². The van der Waals surface area contributed by atoms with E-state index in [9.17, 15) is 19.8 Å². The van der Waals surface area contributed by atoms with Gasteiger partial charge in [0.2, 0.25) is 5.91 Å². The largest absolute Gasteiger partial charge is 0.466 e. The molecule has 0 fully saturated rings. The highest BCUT2D eigenvalue weighted by Gasteiger charge is 2.18. The quantitative estimate of drug-likeness (QED) is 0.0320. The minimum Gasteiger partial charge on any atom is -0.466 e. The Bertz CT molecular complexity index is 1270. The fraction of sp³-hybridized carbons (Fsp3) is 0.920. The lowest BCUT2D eigenvalue weighted by molar-refractivity contribution is -0.143. The third-order valence-corrected chi connectivity index (χ3v) is 17.5. The summed E-state index contributed by atoms with van der Waals surface area (Å²) < 4.78 is 5.48. The normalized spacial score (nSPS) is 12.6. The molecule has 0 saturated heterocycles. The van der Waals surface area contributed by atoms with E-state index in [0.29, 0.717) is 19.4 Å². The van der Waals surface area contributed by atoms with Crippen molar-refractivity contribution in [2.24, 2.45) is 0 Å². The molecule has 0 rings (SSSR count). The predicted octanol–water partition coefficient (Wildman–Crippen LogP) is 24.1. The molecule has 0 heterocycles. The Kier molecular flexibility index (Phi) is 69.4. The number of carbonyl (C=O) groups excluding carboxylic acids is 2. The van der Waals surface area contributed by atoms with E-state index in [1.165, 1.54) is 353 Å². The molecule has 0 aromatic rings. The van der Waals surface area contributed by atoms with Crippen molar-refractivity contribution < 1.29 is 24.5 Å². The number of rotatable bonds is 70. The lowest BCUT2D eigenvalue weighted by atomic mass is 10.0. The monoisotopic (exact) mass is 1140 g/mol. The molecule has 0 aliphatic heterocycles. The molecule has 0 aliphatic carbocycles. The summed E-state index contributed by atoms with van der Waals surface area (Å²) in [5.74, 6) is -0.0447. The number of nitrogens with one attached hydrogen (secondary N) is 1. The Hall–Kier alpha value is -1.66.